The standard InChI is InChI=1S/C24H28O12/c1-31-13-6-5-11(7-14(13)35-24-22(30)21(29)20(28)17(10-25)36-24)18(26)19(27)12-8-15(32-2)23(34-4)16(9-12)33-3/h5-9,17,20-22,24-25,28-30H,10H2,1-4H3/t17-,20-,21+,22-,24-/m1/s1. The number of Topliss-reactive ketones (excluding diaryl/α,β-unsaturated/α-hetero) is 2. The fraction of sp³-hybridized carbons (Fsp3) is 0.417. The minimum Gasteiger partial charge on any atom is -0.493 e. The number of rotatable bonds is 10. The van der Waals surface area contributed by atoms with Gasteiger partial charge < -0.3 is 48.8 Å². The Kier molecular flexibility index (Phi) is 8.71. The first-order valence-corrected chi connectivity index (χ1v) is 10.7. The summed E-state index contributed by atoms with van der Waals surface area (Å²) in [6.45, 7) is -0.649. The van der Waals surface area contributed by atoms with E-state index in [0.29, 0.717) is 0 Å². The van der Waals surface area contributed by atoms with Crippen LogP contribution in [0, 0.1) is 0 Å². The molecule has 0 bridgehead atoms. The maximum Gasteiger partial charge on any atom is 0.233 e. The van der Waals surface area contributed by atoms with E-state index in [9.17, 15) is 30.0 Å². The molecule has 1 fully saturated rings. The highest BCUT2D eigenvalue weighted by molar-refractivity contribution is 6.49. The Morgan fingerprint density at radius 3 is 1.83 bits per heavy atom. The molecule has 0 unspecified atom stereocenters. The summed E-state index contributed by atoms with van der Waals surface area (Å²) < 4.78 is 31.9. The maximum atomic E-state index is 13.1. The molecule has 3 rings (SSSR count). The molecular weight excluding hydrogens is 480 g/mol. The lowest BCUT2D eigenvalue weighted by molar-refractivity contribution is -0.277. The second-order valence-corrected chi connectivity index (χ2v) is 7.75. The zero-order chi connectivity index (χ0) is 26.6. The van der Waals surface area contributed by atoms with Gasteiger partial charge in [0.25, 0.3) is 0 Å². The molecule has 0 aliphatic carbocycles. The molecule has 0 saturated carbocycles. The molecule has 5 atom stereocenters. The SMILES string of the molecule is COc1ccc(C(=O)C(=O)c2cc(OC)c(OC)c(OC)c2)cc1O[C@@H]1O[C@H](CO)[C@@H](O)[C@H](O)[C@H]1O. The van der Waals surface area contributed by atoms with Gasteiger partial charge in [0.05, 0.1) is 35.0 Å². The molecule has 4 N–H and O–H groups in total. The van der Waals surface area contributed by atoms with Crippen LogP contribution in [0.2, 0.25) is 0 Å². The number of benzene rings is 2. The predicted octanol–water partition coefficient (Wildman–Crippen LogP) is -0.0347. The molecule has 0 amide bonds. The number of hydrogen-bond donors (Lipinski definition) is 4. The average molecular weight is 508 g/mol. The summed E-state index contributed by atoms with van der Waals surface area (Å²) >= 11 is 0. The van der Waals surface area contributed by atoms with Crippen LogP contribution >= 0.6 is 0 Å². The molecule has 1 saturated heterocycles. The minimum atomic E-state index is -1.69. The number of methoxy groups -OCH3 is 4. The van der Waals surface area contributed by atoms with Crippen molar-refractivity contribution >= 4 is 11.6 Å². The van der Waals surface area contributed by atoms with Gasteiger partial charge in [0.15, 0.2) is 23.0 Å². The van der Waals surface area contributed by atoms with Gasteiger partial charge in [-0.05, 0) is 30.3 Å². The maximum absolute atomic E-state index is 13.1. The van der Waals surface area contributed by atoms with Gasteiger partial charge in [0, 0.05) is 11.1 Å². The smallest absolute Gasteiger partial charge is 0.233 e. The van der Waals surface area contributed by atoms with Crippen LogP contribution in [0.5, 0.6) is 28.7 Å². The Morgan fingerprint density at radius 1 is 0.750 bits per heavy atom. The average Bonchev–Trinajstić information content (AvgIpc) is 2.91. The van der Waals surface area contributed by atoms with Crippen molar-refractivity contribution in [3.63, 3.8) is 0 Å². The quantitative estimate of drug-likeness (QED) is 0.250. The van der Waals surface area contributed by atoms with Gasteiger partial charge in [0.1, 0.15) is 24.4 Å². The van der Waals surface area contributed by atoms with E-state index in [1.807, 2.05) is 0 Å². The van der Waals surface area contributed by atoms with E-state index in [4.69, 9.17) is 28.4 Å². The summed E-state index contributed by atoms with van der Waals surface area (Å²) in [5.74, 6) is -1.11. The lowest BCUT2D eigenvalue weighted by Crippen LogP contribution is -2.60. The van der Waals surface area contributed by atoms with Crippen LogP contribution in [0.1, 0.15) is 20.7 Å². The topological polar surface area (TPSA) is 170 Å². The third kappa shape index (κ3) is 5.22. The second kappa shape index (κ2) is 11.5. The minimum absolute atomic E-state index is 0.0123. The molecule has 0 spiro atoms. The molecular formula is C24H28O12. The largest absolute Gasteiger partial charge is 0.493 e. The van der Waals surface area contributed by atoms with Crippen LogP contribution in [-0.2, 0) is 4.74 Å². The number of ketones is 2. The summed E-state index contributed by atoms with van der Waals surface area (Å²) in [6, 6.07) is 6.61. The summed E-state index contributed by atoms with van der Waals surface area (Å²) in [7, 11) is 5.48. The lowest BCUT2D eigenvalue weighted by atomic mass is 9.99. The van der Waals surface area contributed by atoms with E-state index in [2.05, 4.69) is 0 Å². The molecule has 0 radical (unpaired) electrons. The third-order valence-corrected chi connectivity index (χ3v) is 5.65. The van der Waals surface area contributed by atoms with Gasteiger partial charge in [-0.1, -0.05) is 0 Å². The Labute approximate surface area is 206 Å². The van der Waals surface area contributed by atoms with Gasteiger partial charge in [0.2, 0.25) is 23.6 Å². The normalized spacial score (nSPS) is 23.5. The molecule has 196 valence electrons. The monoisotopic (exact) mass is 508 g/mol. The van der Waals surface area contributed by atoms with Crippen LogP contribution in [0.4, 0.5) is 0 Å². The zero-order valence-electron chi connectivity index (χ0n) is 20.0. The highest BCUT2D eigenvalue weighted by atomic mass is 16.7. The number of ether oxygens (including phenoxy) is 6. The number of aliphatic hydroxyl groups excluding tert-OH is 4. The van der Waals surface area contributed by atoms with Crippen LogP contribution in [-0.4, -0.2) is 97.7 Å². The molecule has 0 aromatic heterocycles. The molecule has 2 aromatic carbocycles. The van der Waals surface area contributed by atoms with Gasteiger partial charge in [-0.25, -0.2) is 0 Å². The van der Waals surface area contributed by atoms with E-state index >= 15 is 0 Å². The van der Waals surface area contributed by atoms with Crippen LogP contribution < -0.4 is 23.7 Å². The zero-order valence-corrected chi connectivity index (χ0v) is 20.0. The first-order valence-electron chi connectivity index (χ1n) is 10.7. The van der Waals surface area contributed by atoms with Gasteiger partial charge in [-0.3, -0.25) is 9.59 Å². The molecule has 12 heteroatoms. The highest BCUT2D eigenvalue weighted by Gasteiger charge is 2.45. The van der Waals surface area contributed by atoms with Crippen molar-refractivity contribution in [1.82, 2.24) is 0 Å². The van der Waals surface area contributed by atoms with E-state index in [-0.39, 0.29) is 39.9 Å². The molecule has 12 nitrogen and oxygen atoms in total. The van der Waals surface area contributed by atoms with Gasteiger partial charge >= 0.3 is 0 Å². The van der Waals surface area contributed by atoms with Gasteiger partial charge in [-0.15, -0.1) is 0 Å². The highest BCUT2D eigenvalue weighted by Crippen LogP contribution is 2.39. The van der Waals surface area contributed by atoms with E-state index in [1.165, 1.54) is 58.8 Å². The van der Waals surface area contributed by atoms with Crippen molar-refractivity contribution in [3.05, 3.63) is 41.5 Å². The molecule has 1 heterocycles. The fourth-order valence-electron chi connectivity index (χ4n) is 3.67. The Hall–Kier alpha value is -3.42. The van der Waals surface area contributed by atoms with Crippen molar-refractivity contribution in [3.8, 4) is 28.7 Å². The first-order chi connectivity index (χ1) is 17.2. The summed E-state index contributed by atoms with van der Waals surface area (Å²) in [5, 5.41) is 39.6. The number of carbonyl (C=O) groups excluding carboxylic acids is 2. The Bertz CT molecular complexity index is 1070. The lowest BCUT2D eigenvalue weighted by Gasteiger charge is -2.39. The molecule has 1 aliphatic rings. The third-order valence-electron chi connectivity index (χ3n) is 5.65. The summed E-state index contributed by atoms with van der Waals surface area (Å²) in [4.78, 5) is 26.1. The summed E-state index contributed by atoms with van der Waals surface area (Å²) in [5.41, 5.74) is -0.0872. The Balaban J connectivity index is 1.92. The van der Waals surface area contributed by atoms with Crippen LogP contribution in [0.25, 0.3) is 0 Å². The van der Waals surface area contributed by atoms with Crippen molar-refractivity contribution in [2.45, 2.75) is 30.7 Å². The van der Waals surface area contributed by atoms with Crippen molar-refractivity contribution < 1.29 is 58.4 Å². The first kappa shape index (κ1) is 27.2. The second-order valence-electron chi connectivity index (χ2n) is 7.75. The summed E-state index contributed by atoms with van der Waals surface area (Å²) in [6.07, 6.45) is -7.65. The van der Waals surface area contributed by atoms with E-state index in [1.54, 1.807) is 0 Å². The number of hydrogen-bond acceptors (Lipinski definition) is 12. The predicted molar refractivity (Wildman–Crippen MR) is 122 cm³/mol. The molecule has 2 aromatic rings. The van der Waals surface area contributed by atoms with Crippen molar-refractivity contribution in [2.75, 3.05) is 35.0 Å². The van der Waals surface area contributed by atoms with Crippen molar-refractivity contribution in [1.29, 1.82) is 0 Å². The fourth-order valence-corrected chi connectivity index (χ4v) is 3.67. The van der Waals surface area contributed by atoms with Crippen LogP contribution in [0.15, 0.2) is 30.3 Å². The Morgan fingerprint density at radius 2 is 1.31 bits per heavy atom. The van der Waals surface area contributed by atoms with Crippen molar-refractivity contribution in [2.24, 2.45) is 0 Å². The van der Waals surface area contributed by atoms with E-state index in [0.717, 1.165) is 0 Å². The van der Waals surface area contributed by atoms with Gasteiger partial charge in [-0.2, -0.15) is 0 Å². The number of carbonyl (C=O) groups is 2. The number of aliphatic hydroxyl groups is 4. The molecule has 36 heavy (non-hydrogen) atoms. The van der Waals surface area contributed by atoms with Crippen LogP contribution in [0.3, 0.4) is 0 Å². The molecule has 1 aliphatic heterocycles. The van der Waals surface area contributed by atoms with E-state index < -0.39 is 48.9 Å².